The lowest BCUT2D eigenvalue weighted by Gasteiger charge is -2.24. The second kappa shape index (κ2) is 8.66. The van der Waals surface area contributed by atoms with E-state index in [1.165, 1.54) is 23.1 Å². The molecule has 7 nitrogen and oxygen atoms in total. The molecule has 11 heteroatoms. The van der Waals surface area contributed by atoms with E-state index in [0.717, 1.165) is 6.07 Å². The number of amides is 1. The molecule has 1 aromatic heterocycles. The molecule has 0 aliphatic carbocycles. The summed E-state index contributed by atoms with van der Waals surface area (Å²) in [6.07, 6.45) is -4.57. The third-order valence-corrected chi connectivity index (χ3v) is 4.73. The number of carbonyl (C=O) groups is 1. The summed E-state index contributed by atoms with van der Waals surface area (Å²) in [5.41, 5.74) is -2.57. The van der Waals surface area contributed by atoms with Crippen LogP contribution in [0.5, 0.6) is 11.6 Å². The van der Waals surface area contributed by atoms with Crippen LogP contribution in [0, 0.1) is 11.7 Å². The van der Waals surface area contributed by atoms with Crippen LogP contribution in [-0.4, -0.2) is 46.2 Å². The average Bonchev–Trinajstić information content (AvgIpc) is 3.08. The van der Waals surface area contributed by atoms with E-state index >= 15 is 0 Å². The van der Waals surface area contributed by atoms with Gasteiger partial charge in [-0.3, -0.25) is 4.79 Å². The molecule has 3 rings (SSSR count). The number of nitrogens with one attached hydrogen (secondary N) is 1. The Morgan fingerprint density at radius 3 is 2.71 bits per heavy atom. The van der Waals surface area contributed by atoms with Gasteiger partial charge in [-0.15, -0.1) is 0 Å². The first-order chi connectivity index (χ1) is 14.4. The van der Waals surface area contributed by atoms with Gasteiger partial charge >= 0.3 is 6.18 Å². The molecule has 1 atom stereocenters. The maximum atomic E-state index is 13.4. The SMILES string of the molecule is CC(C)C(=O)NCC1(O)CCN(c2nc(Oc3cccc(F)c3)cc(C(F)(F)F)n2)C1. The Hall–Kier alpha value is -2.95. The van der Waals surface area contributed by atoms with E-state index in [1.54, 1.807) is 13.8 Å². The van der Waals surface area contributed by atoms with Gasteiger partial charge in [-0.1, -0.05) is 19.9 Å². The molecule has 2 N–H and O–H groups in total. The van der Waals surface area contributed by atoms with Gasteiger partial charge in [0.05, 0.1) is 6.54 Å². The fraction of sp³-hybridized carbons (Fsp3) is 0.450. The number of anilines is 1. The topological polar surface area (TPSA) is 87.6 Å². The Kier molecular flexibility index (Phi) is 6.35. The summed E-state index contributed by atoms with van der Waals surface area (Å²) in [6, 6.07) is 5.54. The minimum atomic E-state index is -4.76. The van der Waals surface area contributed by atoms with Crippen LogP contribution in [0.15, 0.2) is 30.3 Å². The molecule has 2 heterocycles. The molecule has 0 spiro atoms. The number of carbonyl (C=O) groups excluding carboxylic acids is 1. The van der Waals surface area contributed by atoms with Gasteiger partial charge < -0.3 is 20.1 Å². The van der Waals surface area contributed by atoms with Crippen molar-refractivity contribution < 1.29 is 32.2 Å². The second-order valence-corrected chi connectivity index (χ2v) is 7.72. The number of β-amino-alcohol motifs (C(OH)–C–C–N with tert-alkyl or cyclic N) is 1. The van der Waals surface area contributed by atoms with Crippen molar-refractivity contribution >= 4 is 11.9 Å². The predicted molar refractivity (Wildman–Crippen MR) is 103 cm³/mol. The maximum absolute atomic E-state index is 13.4. The fourth-order valence-electron chi connectivity index (χ4n) is 3.03. The van der Waals surface area contributed by atoms with Gasteiger partial charge in [0.2, 0.25) is 17.7 Å². The highest BCUT2D eigenvalue weighted by Crippen LogP contribution is 2.34. The first-order valence-electron chi connectivity index (χ1n) is 9.60. The van der Waals surface area contributed by atoms with E-state index in [2.05, 4.69) is 15.3 Å². The smallest absolute Gasteiger partial charge is 0.433 e. The van der Waals surface area contributed by atoms with Crippen molar-refractivity contribution in [2.24, 2.45) is 5.92 Å². The minimum absolute atomic E-state index is 0.0212. The standard InChI is InChI=1S/C20H22F4N4O3/c1-12(2)17(29)25-10-19(30)6-7-28(11-19)18-26-15(20(22,23)24)9-16(27-18)31-14-5-3-4-13(21)8-14/h3-5,8-9,12,30H,6-7,10-11H2,1-2H3,(H,25,29). The van der Waals surface area contributed by atoms with Crippen molar-refractivity contribution in [2.75, 3.05) is 24.5 Å². The highest BCUT2D eigenvalue weighted by Gasteiger charge is 2.40. The predicted octanol–water partition coefficient (Wildman–Crippen LogP) is 3.14. The molecule has 168 valence electrons. The molecule has 1 aliphatic rings. The number of alkyl halides is 3. The van der Waals surface area contributed by atoms with Gasteiger partial charge in [-0.25, -0.2) is 9.37 Å². The number of aliphatic hydroxyl groups is 1. The quantitative estimate of drug-likeness (QED) is 0.669. The Labute approximate surface area is 176 Å². The lowest BCUT2D eigenvalue weighted by atomic mass is 10.0. The van der Waals surface area contributed by atoms with Crippen LogP contribution in [0.25, 0.3) is 0 Å². The van der Waals surface area contributed by atoms with E-state index in [-0.39, 0.29) is 49.6 Å². The monoisotopic (exact) mass is 442 g/mol. The van der Waals surface area contributed by atoms with Crippen LogP contribution in [0.1, 0.15) is 26.0 Å². The third kappa shape index (κ3) is 5.81. The minimum Gasteiger partial charge on any atom is -0.439 e. The van der Waals surface area contributed by atoms with Crippen molar-refractivity contribution in [2.45, 2.75) is 32.0 Å². The molecular formula is C20H22F4N4O3. The number of ether oxygens (including phenoxy) is 1. The summed E-state index contributed by atoms with van der Waals surface area (Å²) in [7, 11) is 0. The second-order valence-electron chi connectivity index (χ2n) is 7.72. The fourth-order valence-corrected chi connectivity index (χ4v) is 3.03. The highest BCUT2D eigenvalue weighted by molar-refractivity contribution is 5.77. The number of hydrogen-bond acceptors (Lipinski definition) is 6. The Morgan fingerprint density at radius 1 is 1.32 bits per heavy atom. The molecule has 31 heavy (non-hydrogen) atoms. The average molecular weight is 442 g/mol. The van der Waals surface area contributed by atoms with Crippen LogP contribution in [0.2, 0.25) is 0 Å². The van der Waals surface area contributed by atoms with Crippen molar-refractivity contribution in [3.8, 4) is 11.6 Å². The molecule has 0 bridgehead atoms. The number of benzene rings is 1. The van der Waals surface area contributed by atoms with E-state index in [1.807, 2.05) is 0 Å². The van der Waals surface area contributed by atoms with E-state index in [0.29, 0.717) is 6.07 Å². The normalized spacial score (nSPS) is 19.0. The van der Waals surface area contributed by atoms with Crippen LogP contribution in [-0.2, 0) is 11.0 Å². The maximum Gasteiger partial charge on any atom is 0.433 e. The van der Waals surface area contributed by atoms with Crippen molar-refractivity contribution in [3.05, 3.63) is 41.8 Å². The summed E-state index contributed by atoms with van der Waals surface area (Å²) in [5, 5.41) is 13.3. The molecule has 0 saturated carbocycles. The molecule has 1 saturated heterocycles. The summed E-state index contributed by atoms with van der Waals surface area (Å²) in [6.45, 7) is 3.46. The summed E-state index contributed by atoms with van der Waals surface area (Å²) in [5.74, 6) is -1.84. The molecule has 2 aromatic rings. The van der Waals surface area contributed by atoms with Gasteiger partial charge in [-0.05, 0) is 18.6 Å². The Morgan fingerprint density at radius 2 is 2.06 bits per heavy atom. The van der Waals surface area contributed by atoms with Gasteiger partial charge in [0.25, 0.3) is 0 Å². The number of aromatic nitrogens is 2. The lowest BCUT2D eigenvalue weighted by Crippen LogP contribution is -2.46. The van der Waals surface area contributed by atoms with E-state index < -0.39 is 29.2 Å². The number of halogens is 4. The lowest BCUT2D eigenvalue weighted by molar-refractivity contribution is -0.141. The summed E-state index contributed by atoms with van der Waals surface area (Å²) >= 11 is 0. The van der Waals surface area contributed by atoms with Crippen molar-refractivity contribution in [1.29, 1.82) is 0 Å². The van der Waals surface area contributed by atoms with Gasteiger partial charge in [0.1, 0.15) is 17.2 Å². The number of rotatable bonds is 6. The third-order valence-electron chi connectivity index (χ3n) is 4.73. The van der Waals surface area contributed by atoms with Crippen LogP contribution in [0.3, 0.4) is 0 Å². The molecule has 1 unspecified atom stereocenters. The first-order valence-corrected chi connectivity index (χ1v) is 9.60. The van der Waals surface area contributed by atoms with E-state index in [4.69, 9.17) is 4.74 Å². The number of hydrogen-bond donors (Lipinski definition) is 2. The van der Waals surface area contributed by atoms with Gasteiger partial charge in [0, 0.05) is 31.1 Å². The van der Waals surface area contributed by atoms with Crippen molar-refractivity contribution in [3.63, 3.8) is 0 Å². The Balaban J connectivity index is 1.82. The molecular weight excluding hydrogens is 420 g/mol. The Bertz CT molecular complexity index is 954. The summed E-state index contributed by atoms with van der Waals surface area (Å²) < 4.78 is 58.7. The number of nitrogens with zero attached hydrogens (tertiary/aromatic N) is 3. The molecule has 1 fully saturated rings. The zero-order valence-electron chi connectivity index (χ0n) is 16.9. The largest absolute Gasteiger partial charge is 0.439 e. The highest BCUT2D eigenvalue weighted by atomic mass is 19.4. The van der Waals surface area contributed by atoms with E-state index in [9.17, 15) is 27.5 Å². The van der Waals surface area contributed by atoms with Gasteiger partial charge in [0.15, 0.2) is 5.69 Å². The van der Waals surface area contributed by atoms with Crippen molar-refractivity contribution in [1.82, 2.24) is 15.3 Å². The molecule has 1 aromatic carbocycles. The molecule has 1 aliphatic heterocycles. The zero-order valence-corrected chi connectivity index (χ0v) is 16.9. The molecule has 0 radical (unpaired) electrons. The van der Waals surface area contributed by atoms with Gasteiger partial charge in [-0.2, -0.15) is 18.2 Å². The summed E-state index contributed by atoms with van der Waals surface area (Å²) in [4.78, 5) is 20.7. The van der Waals surface area contributed by atoms with Crippen LogP contribution < -0.4 is 15.0 Å². The molecule has 1 amide bonds. The van der Waals surface area contributed by atoms with Crippen LogP contribution >= 0.6 is 0 Å². The zero-order chi connectivity index (χ0) is 22.8. The van der Waals surface area contributed by atoms with Crippen LogP contribution in [0.4, 0.5) is 23.5 Å². The first kappa shape index (κ1) is 22.7.